The molecular weight excluding hydrogens is 428 g/mol. The summed E-state index contributed by atoms with van der Waals surface area (Å²) in [4.78, 5) is 0. The van der Waals surface area contributed by atoms with Gasteiger partial charge < -0.3 is 25.5 Å². The Labute approximate surface area is 206 Å². The third-order valence-electron chi connectivity index (χ3n) is 11.0. The second-order valence-electron chi connectivity index (χ2n) is 13.9. The van der Waals surface area contributed by atoms with Gasteiger partial charge in [-0.05, 0) is 79.4 Å². The quantitative estimate of drug-likeness (QED) is 0.423. The van der Waals surface area contributed by atoms with Crippen molar-refractivity contribution < 1.29 is 25.5 Å². The third-order valence-corrected chi connectivity index (χ3v) is 11.0. The van der Waals surface area contributed by atoms with Crippen LogP contribution in [0, 0.1) is 39.9 Å². The van der Waals surface area contributed by atoms with Gasteiger partial charge in [0.1, 0.15) is 6.10 Å². The highest BCUT2D eigenvalue weighted by Crippen LogP contribution is 2.66. The van der Waals surface area contributed by atoms with E-state index in [1.807, 2.05) is 27.7 Å². The molecule has 4 aliphatic rings. The van der Waals surface area contributed by atoms with E-state index in [1.54, 1.807) is 6.92 Å². The highest BCUT2D eigenvalue weighted by Gasteiger charge is 2.64. The maximum Gasteiger partial charge on any atom is 0.109 e. The molecule has 0 spiro atoms. The van der Waals surface area contributed by atoms with Crippen molar-refractivity contribution in [2.45, 2.75) is 117 Å². The summed E-state index contributed by atoms with van der Waals surface area (Å²) in [5.41, 5.74) is 0.548. The lowest BCUT2D eigenvalue weighted by Gasteiger charge is -2.56. The fourth-order valence-electron chi connectivity index (χ4n) is 8.37. The Balaban J connectivity index is 1.66. The number of aliphatic hydroxyl groups excluding tert-OH is 4. The molecule has 34 heavy (non-hydrogen) atoms. The molecule has 5 heteroatoms. The molecule has 11 unspecified atom stereocenters. The summed E-state index contributed by atoms with van der Waals surface area (Å²) in [6.07, 6.45) is 5.96. The van der Waals surface area contributed by atoms with Crippen molar-refractivity contribution in [3.8, 4) is 0 Å². The van der Waals surface area contributed by atoms with E-state index in [-0.39, 0.29) is 34.2 Å². The van der Waals surface area contributed by atoms with Crippen LogP contribution in [0.2, 0.25) is 0 Å². The topological polar surface area (TPSA) is 101 Å². The van der Waals surface area contributed by atoms with Crippen molar-refractivity contribution in [1.82, 2.24) is 0 Å². The molecule has 0 amide bonds. The predicted octanol–water partition coefficient (Wildman–Crippen LogP) is 3.97. The van der Waals surface area contributed by atoms with Crippen molar-refractivity contribution in [3.63, 3.8) is 0 Å². The van der Waals surface area contributed by atoms with Gasteiger partial charge in [0.2, 0.25) is 0 Å². The van der Waals surface area contributed by atoms with E-state index in [4.69, 9.17) is 0 Å². The maximum atomic E-state index is 11.8. The first-order valence-corrected chi connectivity index (χ1v) is 13.4. The van der Waals surface area contributed by atoms with Crippen LogP contribution in [-0.4, -0.2) is 55.5 Å². The summed E-state index contributed by atoms with van der Waals surface area (Å²) < 4.78 is 0. The summed E-state index contributed by atoms with van der Waals surface area (Å²) in [5, 5.41) is 55.6. The predicted molar refractivity (Wildman–Crippen MR) is 134 cm³/mol. The first-order valence-electron chi connectivity index (χ1n) is 13.4. The summed E-state index contributed by atoms with van der Waals surface area (Å²) in [5.74, 6) is -0.234. The minimum atomic E-state index is -1.62. The van der Waals surface area contributed by atoms with Crippen LogP contribution in [0.1, 0.15) is 87.0 Å². The van der Waals surface area contributed by atoms with E-state index in [1.165, 1.54) is 11.1 Å². The summed E-state index contributed by atoms with van der Waals surface area (Å²) in [6, 6.07) is 0. The second-order valence-corrected chi connectivity index (χ2v) is 13.9. The van der Waals surface area contributed by atoms with Crippen LogP contribution in [0.3, 0.4) is 0 Å². The van der Waals surface area contributed by atoms with Crippen LogP contribution in [0.4, 0.5) is 0 Å². The number of allylic oxidation sites excluding steroid dienone is 3. The Morgan fingerprint density at radius 2 is 1.62 bits per heavy atom. The number of rotatable bonds is 4. The lowest BCUT2D eigenvalue weighted by atomic mass is 9.49. The largest absolute Gasteiger partial charge is 0.393 e. The standard InChI is InChI=1S/C29H48O5/c1-16(26(2,3)4)23(32)25(33)29(7,34)24-22(31)15-21-19-9-8-17-14-18(30)10-12-27(17,5)20(19)11-13-28(21,24)6/h8-9,16,18,20-25,30-34H,10-15H2,1-7H3. The van der Waals surface area contributed by atoms with Crippen molar-refractivity contribution in [3.05, 3.63) is 23.3 Å². The van der Waals surface area contributed by atoms with Crippen LogP contribution in [-0.2, 0) is 0 Å². The monoisotopic (exact) mass is 476 g/mol. The molecule has 5 N–H and O–H groups in total. The molecule has 0 saturated heterocycles. The summed E-state index contributed by atoms with van der Waals surface area (Å²) in [6.45, 7) is 14.1. The Bertz CT molecular complexity index is 853. The molecule has 0 radical (unpaired) electrons. The van der Waals surface area contributed by atoms with Crippen LogP contribution in [0.25, 0.3) is 0 Å². The lowest BCUT2D eigenvalue weighted by molar-refractivity contribution is -0.196. The maximum absolute atomic E-state index is 11.8. The van der Waals surface area contributed by atoms with Crippen LogP contribution >= 0.6 is 0 Å². The average molecular weight is 477 g/mol. The number of fused-ring (bicyclic) bond motifs is 5. The smallest absolute Gasteiger partial charge is 0.109 e. The molecule has 0 aliphatic heterocycles. The van der Waals surface area contributed by atoms with Crippen molar-refractivity contribution >= 4 is 0 Å². The van der Waals surface area contributed by atoms with Crippen LogP contribution in [0.5, 0.6) is 0 Å². The molecule has 0 aromatic heterocycles. The van der Waals surface area contributed by atoms with Gasteiger partial charge in [-0.2, -0.15) is 0 Å². The van der Waals surface area contributed by atoms with Gasteiger partial charge in [0.15, 0.2) is 0 Å². The van der Waals surface area contributed by atoms with Gasteiger partial charge in [-0.25, -0.2) is 0 Å². The molecule has 0 bridgehead atoms. The Morgan fingerprint density at radius 3 is 2.24 bits per heavy atom. The number of hydrogen-bond donors (Lipinski definition) is 5. The zero-order valence-corrected chi connectivity index (χ0v) is 22.3. The lowest BCUT2D eigenvalue weighted by Crippen LogP contribution is -2.60. The van der Waals surface area contributed by atoms with Crippen molar-refractivity contribution in [2.24, 2.45) is 39.9 Å². The van der Waals surface area contributed by atoms with E-state index in [0.29, 0.717) is 12.3 Å². The highest BCUT2D eigenvalue weighted by molar-refractivity contribution is 5.39. The van der Waals surface area contributed by atoms with E-state index in [2.05, 4.69) is 26.0 Å². The molecule has 0 heterocycles. The van der Waals surface area contributed by atoms with E-state index in [9.17, 15) is 25.5 Å². The van der Waals surface area contributed by atoms with Gasteiger partial charge in [-0.15, -0.1) is 0 Å². The molecule has 3 saturated carbocycles. The first kappa shape index (κ1) is 26.3. The van der Waals surface area contributed by atoms with Gasteiger partial charge in [0.25, 0.3) is 0 Å². The van der Waals surface area contributed by atoms with Crippen LogP contribution < -0.4 is 0 Å². The first-order chi connectivity index (χ1) is 15.5. The zero-order valence-electron chi connectivity index (χ0n) is 22.3. The van der Waals surface area contributed by atoms with Gasteiger partial charge in [0.05, 0.1) is 23.9 Å². The minimum Gasteiger partial charge on any atom is -0.393 e. The molecule has 4 aliphatic carbocycles. The van der Waals surface area contributed by atoms with E-state index in [0.717, 1.165) is 32.1 Å². The average Bonchev–Trinajstić information content (AvgIpc) is 3.02. The molecule has 11 atom stereocenters. The Hall–Kier alpha value is -0.720. The summed E-state index contributed by atoms with van der Waals surface area (Å²) in [7, 11) is 0. The van der Waals surface area contributed by atoms with Gasteiger partial charge >= 0.3 is 0 Å². The fourth-order valence-corrected chi connectivity index (χ4v) is 8.37. The highest BCUT2D eigenvalue weighted by atomic mass is 16.4. The summed E-state index contributed by atoms with van der Waals surface area (Å²) >= 11 is 0. The molecular formula is C29H48O5. The third kappa shape index (κ3) is 3.85. The number of hydrogen-bond acceptors (Lipinski definition) is 5. The molecule has 3 fully saturated rings. The Kier molecular flexibility index (Phi) is 6.52. The second kappa shape index (κ2) is 8.41. The van der Waals surface area contributed by atoms with Gasteiger partial charge in [0, 0.05) is 5.92 Å². The molecule has 194 valence electrons. The fraction of sp³-hybridized carbons (Fsp3) is 0.862. The van der Waals surface area contributed by atoms with Crippen molar-refractivity contribution in [1.29, 1.82) is 0 Å². The Morgan fingerprint density at radius 1 is 0.971 bits per heavy atom. The minimum absolute atomic E-state index is 0.0497. The zero-order chi connectivity index (χ0) is 25.4. The molecule has 0 aromatic rings. The SMILES string of the molecule is CC(C(O)C(O)C(C)(O)C1C(O)CC2C3=CC=C4CC(O)CCC4(C)C3CCC21C)C(C)(C)C. The van der Waals surface area contributed by atoms with E-state index >= 15 is 0 Å². The number of aliphatic hydroxyl groups is 5. The van der Waals surface area contributed by atoms with Gasteiger partial charge in [-0.1, -0.05) is 64.8 Å². The molecule has 4 rings (SSSR count). The molecule has 5 nitrogen and oxygen atoms in total. The van der Waals surface area contributed by atoms with E-state index < -0.39 is 29.8 Å². The van der Waals surface area contributed by atoms with Crippen molar-refractivity contribution in [2.75, 3.05) is 0 Å². The normalized spacial score (nSPS) is 44.5. The van der Waals surface area contributed by atoms with Crippen LogP contribution in [0.15, 0.2) is 23.3 Å². The molecule has 0 aromatic carbocycles. The van der Waals surface area contributed by atoms with Gasteiger partial charge in [-0.3, -0.25) is 0 Å².